The molecule has 1 atom stereocenters. The van der Waals surface area contributed by atoms with E-state index < -0.39 is 10.0 Å². The third-order valence-corrected chi connectivity index (χ3v) is 6.19. The van der Waals surface area contributed by atoms with Crippen molar-refractivity contribution in [2.24, 2.45) is 11.8 Å². The molecular formula is C22H35N5O2S. The quantitative estimate of drug-likeness (QED) is 0.692. The van der Waals surface area contributed by atoms with Crippen LogP contribution in [0.15, 0.2) is 24.3 Å². The Balaban J connectivity index is 1.68. The van der Waals surface area contributed by atoms with E-state index in [4.69, 9.17) is 0 Å². The van der Waals surface area contributed by atoms with Gasteiger partial charge in [-0.15, -0.1) is 10.2 Å². The normalized spacial score (nSPS) is 16.6. The van der Waals surface area contributed by atoms with Crippen molar-refractivity contribution in [2.75, 3.05) is 19.3 Å². The van der Waals surface area contributed by atoms with Crippen molar-refractivity contribution < 1.29 is 8.42 Å². The van der Waals surface area contributed by atoms with Gasteiger partial charge in [-0.25, -0.2) is 13.1 Å². The van der Waals surface area contributed by atoms with Gasteiger partial charge in [0.15, 0.2) is 5.82 Å². The lowest BCUT2D eigenvalue weighted by atomic mass is 10.0. The second-order valence-corrected chi connectivity index (χ2v) is 11.0. The van der Waals surface area contributed by atoms with Gasteiger partial charge >= 0.3 is 0 Å². The first-order valence-corrected chi connectivity index (χ1v) is 12.7. The molecule has 0 fully saturated rings. The zero-order chi connectivity index (χ0) is 21.9. The van der Waals surface area contributed by atoms with Crippen molar-refractivity contribution in [3.05, 3.63) is 47.0 Å². The summed E-state index contributed by atoms with van der Waals surface area (Å²) >= 11 is 0. The summed E-state index contributed by atoms with van der Waals surface area (Å²) < 4.78 is 28.5. The van der Waals surface area contributed by atoms with Crippen molar-refractivity contribution in [3.63, 3.8) is 0 Å². The van der Waals surface area contributed by atoms with Gasteiger partial charge in [0.2, 0.25) is 10.0 Å². The van der Waals surface area contributed by atoms with E-state index in [2.05, 4.69) is 62.5 Å². The Labute approximate surface area is 180 Å². The second kappa shape index (κ2) is 9.58. The van der Waals surface area contributed by atoms with Crippen LogP contribution < -0.4 is 4.72 Å². The first kappa shape index (κ1) is 22.9. The van der Waals surface area contributed by atoms with Gasteiger partial charge < -0.3 is 4.57 Å². The van der Waals surface area contributed by atoms with Gasteiger partial charge in [0.25, 0.3) is 0 Å². The molecule has 0 radical (unpaired) electrons. The molecule has 3 rings (SSSR count). The van der Waals surface area contributed by atoms with Crippen LogP contribution in [-0.4, -0.2) is 47.4 Å². The van der Waals surface area contributed by atoms with Crippen molar-refractivity contribution in [1.29, 1.82) is 0 Å². The Bertz CT molecular complexity index is 935. The molecule has 0 saturated carbocycles. The minimum absolute atomic E-state index is 0.0803. The van der Waals surface area contributed by atoms with Gasteiger partial charge in [-0.1, -0.05) is 52.0 Å². The van der Waals surface area contributed by atoms with E-state index in [1.54, 1.807) is 0 Å². The molecule has 1 aromatic heterocycles. The summed E-state index contributed by atoms with van der Waals surface area (Å²) in [4.78, 5) is 2.43. The topological polar surface area (TPSA) is 80.1 Å². The van der Waals surface area contributed by atoms with Gasteiger partial charge in [-0.05, 0) is 29.4 Å². The smallest absolute Gasteiger partial charge is 0.209 e. The second-order valence-electron chi connectivity index (χ2n) is 9.18. The van der Waals surface area contributed by atoms with E-state index in [0.29, 0.717) is 11.7 Å². The summed E-state index contributed by atoms with van der Waals surface area (Å²) in [5.41, 5.74) is 2.71. The number of rotatable bonds is 8. The maximum absolute atomic E-state index is 11.8. The number of hydrogen-bond acceptors (Lipinski definition) is 5. The summed E-state index contributed by atoms with van der Waals surface area (Å²) in [6, 6.07) is 8.58. The van der Waals surface area contributed by atoms with Crippen LogP contribution in [0.2, 0.25) is 0 Å². The fourth-order valence-corrected chi connectivity index (χ4v) is 4.84. The first-order chi connectivity index (χ1) is 14.1. The van der Waals surface area contributed by atoms with Crippen LogP contribution >= 0.6 is 0 Å². The van der Waals surface area contributed by atoms with Gasteiger partial charge in [-0.2, -0.15) is 0 Å². The number of fused-ring (bicyclic) bond motifs is 1. The summed E-state index contributed by atoms with van der Waals surface area (Å²) in [5, 5.41) is 8.74. The minimum atomic E-state index is -3.33. The molecule has 0 spiro atoms. The van der Waals surface area contributed by atoms with Gasteiger partial charge in [-0.3, -0.25) is 4.90 Å². The molecule has 0 saturated heterocycles. The van der Waals surface area contributed by atoms with Gasteiger partial charge in [0, 0.05) is 32.6 Å². The number of nitrogens with one attached hydrogen (secondary N) is 1. The maximum Gasteiger partial charge on any atom is 0.209 e. The van der Waals surface area contributed by atoms with Crippen LogP contribution in [0.1, 0.15) is 56.5 Å². The van der Waals surface area contributed by atoms with E-state index in [0.717, 1.165) is 44.8 Å². The minimum Gasteiger partial charge on any atom is -0.312 e. The lowest BCUT2D eigenvalue weighted by Gasteiger charge is -2.22. The summed E-state index contributed by atoms with van der Waals surface area (Å²) in [7, 11) is -3.33. The van der Waals surface area contributed by atoms with Crippen LogP contribution in [0.3, 0.4) is 0 Å². The SMILES string of the molecule is CC(C)Cc1ccc(CN2CCc3nnc([C@@H](NS(C)(=O)=O)C(C)C)n3CC2)cc1. The fraction of sp³-hybridized carbons (Fsp3) is 0.636. The molecule has 1 aliphatic heterocycles. The third kappa shape index (κ3) is 6.12. The zero-order valence-corrected chi connectivity index (χ0v) is 19.6. The molecule has 1 N–H and O–H groups in total. The number of benzene rings is 1. The lowest BCUT2D eigenvalue weighted by Crippen LogP contribution is -2.33. The molecule has 0 bridgehead atoms. The van der Waals surface area contributed by atoms with Crippen molar-refractivity contribution in [2.45, 2.75) is 59.7 Å². The molecule has 0 amide bonds. The molecule has 2 heterocycles. The van der Waals surface area contributed by atoms with Crippen LogP contribution in [0.5, 0.6) is 0 Å². The molecule has 0 aliphatic carbocycles. The van der Waals surface area contributed by atoms with E-state index in [9.17, 15) is 8.42 Å². The average molecular weight is 434 g/mol. The highest BCUT2D eigenvalue weighted by atomic mass is 32.2. The average Bonchev–Trinajstić information content (AvgIpc) is 2.94. The Morgan fingerprint density at radius 1 is 1.00 bits per heavy atom. The van der Waals surface area contributed by atoms with E-state index >= 15 is 0 Å². The fourth-order valence-electron chi connectivity index (χ4n) is 4.01. The summed E-state index contributed by atoms with van der Waals surface area (Å²) in [6.07, 6.45) is 3.11. The summed E-state index contributed by atoms with van der Waals surface area (Å²) in [6.45, 7) is 11.9. The molecule has 0 unspecified atom stereocenters. The predicted octanol–water partition coefficient (Wildman–Crippen LogP) is 2.78. The molecule has 1 aliphatic rings. The zero-order valence-electron chi connectivity index (χ0n) is 18.8. The Morgan fingerprint density at radius 3 is 2.27 bits per heavy atom. The van der Waals surface area contributed by atoms with Gasteiger partial charge in [0.1, 0.15) is 5.82 Å². The van der Waals surface area contributed by atoms with E-state index in [1.165, 1.54) is 17.4 Å². The molecule has 2 aromatic rings. The number of nitrogens with zero attached hydrogens (tertiary/aromatic N) is 4. The highest BCUT2D eigenvalue weighted by Gasteiger charge is 2.28. The van der Waals surface area contributed by atoms with Gasteiger partial charge in [0.05, 0.1) is 12.3 Å². The lowest BCUT2D eigenvalue weighted by molar-refractivity contribution is 0.269. The number of hydrogen-bond donors (Lipinski definition) is 1. The molecule has 166 valence electrons. The highest BCUT2D eigenvalue weighted by Crippen LogP contribution is 2.23. The first-order valence-electron chi connectivity index (χ1n) is 10.8. The van der Waals surface area contributed by atoms with Crippen molar-refractivity contribution >= 4 is 10.0 Å². The predicted molar refractivity (Wildman–Crippen MR) is 120 cm³/mol. The van der Waals surface area contributed by atoms with Crippen LogP contribution in [-0.2, 0) is 36.0 Å². The van der Waals surface area contributed by atoms with Crippen molar-refractivity contribution in [1.82, 2.24) is 24.4 Å². The molecule has 1 aromatic carbocycles. The Hall–Kier alpha value is -1.77. The maximum atomic E-state index is 11.8. The standard InChI is InChI=1S/C22H35N5O2S/c1-16(2)14-18-6-8-19(9-7-18)15-26-11-10-20-23-24-22(27(20)13-12-26)21(17(3)4)25-30(5,28)29/h6-9,16-17,21,25H,10-15H2,1-5H3/t21-/m0/s1. The number of aromatic nitrogens is 3. The van der Waals surface area contributed by atoms with Crippen LogP contribution in [0.25, 0.3) is 0 Å². The molecular weight excluding hydrogens is 398 g/mol. The van der Waals surface area contributed by atoms with Crippen LogP contribution in [0, 0.1) is 11.8 Å². The summed E-state index contributed by atoms with van der Waals surface area (Å²) in [5.74, 6) is 2.39. The highest BCUT2D eigenvalue weighted by molar-refractivity contribution is 7.88. The molecule has 7 nitrogen and oxygen atoms in total. The third-order valence-electron chi connectivity index (χ3n) is 5.51. The molecule has 8 heteroatoms. The Kier molecular flexibility index (Phi) is 7.31. The molecule has 30 heavy (non-hydrogen) atoms. The van der Waals surface area contributed by atoms with E-state index in [1.807, 2.05) is 13.8 Å². The van der Waals surface area contributed by atoms with Crippen molar-refractivity contribution in [3.8, 4) is 0 Å². The number of sulfonamides is 1. The largest absolute Gasteiger partial charge is 0.312 e. The van der Waals surface area contributed by atoms with E-state index in [-0.39, 0.29) is 12.0 Å². The van der Waals surface area contributed by atoms with Crippen LogP contribution in [0.4, 0.5) is 0 Å². The Morgan fingerprint density at radius 2 is 1.67 bits per heavy atom. The monoisotopic (exact) mass is 433 g/mol.